The minimum atomic E-state index is -0.520. The summed E-state index contributed by atoms with van der Waals surface area (Å²) in [4.78, 5) is 10.1. The third-order valence-corrected chi connectivity index (χ3v) is 3.12. The fourth-order valence-electron chi connectivity index (χ4n) is 2.06. The Hall–Kier alpha value is -1.91. The minimum Gasteiger partial charge on any atom is -0.382 e. The van der Waals surface area contributed by atoms with Gasteiger partial charge in [-0.1, -0.05) is 12.2 Å². The minimum absolute atomic E-state index is 0.0950. The molecule has 1 aliphatic carbocycles. The standard InChI is InChI=1S/C13H15FN2O2/c14-12-7-6-11(16(17)18)8-13(12)15-9-10-4-2-1-3-5-10/h1-2,6-8,10,15H,3-5,9H2. The summed E-state index contributed by atoms with van der Waals surface area (Å²) in [6.45, 7) is 0.641. The highest BCUT2D eigenvalue weighted by molar-refractivity contribution is 5.52. The molecule has 18 heavy (non-hydrogen) atoms. The normalized spacial score (nSPS) is 18.6. The lowest BCUT2D eigenvalue weighted by molar-refractivity contribution is -0.384. The number of rotatable bonds is 4. The van der Waals surface area contributed by atoms with Crippen LogP contribution in [-0.4, -0.2) is 11.5 Å². The number of nitrogens with zero attached hydrogens (tertiary/aromatic N) is 1. The first-order valence-electron chi connectivity index (χ1n) is 5.99. The predicted molar refractivity (Wildman–Crippen MR) is 68.0 cm³/mol. The molecule has 1 aliphatic rings. The first-order valence-corrected chi connectivity index (χ1v) is 5.99. The van der Waals surface area contributed by atoms with E-state index in [2.05, 4.69) is 17.5 Å². The van der Waals surface area contributed by atoms with Crippen LogP contribution in [0.1, 0.15) is 19.3 Å². The molecule has 0 saturated carbocycles. The Morgan fingerprint density at radius 3 is 2.94 bits per heavy atom. The lowest BCUT2D eigenvalue weighted by Crippen LogP contribution is -2.16. The van der Waals surface area contributed by atoms with Crippen LogP contribution in [0.25, 0.3) is 0 Å². The summed E-state index contributed by atoms with van der Waals surface area (Å²) in [6.07, 6.45) is 7.36. The highest BCUT2D eigenvalue weighted by Crippen LogP contribution is 2.23. The van der Waals surface area contributed by atoms with E-state index in [9.17, 15) is 14.5 Å². The first kappa shape index (κ1) is 12.5. The lowest BCUT2D eigenvalue weighted by Gasteiger charge is -2.18. The second-order valence-electron chi connectivity index (χ2n) is 4.45. The molecule has 96 valence electrons. The monoisotopic (exact) mass is 250 g/mol. The SMILES string of the molecule is O=[N+]([O-])c1ccc(F)c(NCC2CC=CCC2)c1. The number of hydrogen-bond donors (Lipinski definition) is 1. The Morgan fingerprint density at radius 1 is 1.44 bits per heavy atom. The maximum atomic E-state index is 13.5. The molecule has 1 aromatic carbocycles. The fraction of sp³-hybridized carbons (Fsp3) is 0.385. The molecule has 0 aromatic heterocycles. The zero-order valence-electron chi connectivity index (χ0n) is 9.93. The van der Waals surface area contributed by atoms with Crippen molar-refractivity contribution in [3.63, 3.8) is 0 Å². The number of hydrogen-bond acceptors (Lipinski definition) is 3. The van der Waals surface area contributed by atoms with Gasteiger partial charge in [0.1, 0.15) is 5.82 Å². The molecule has 1 aromatic rings. The molecule has 1 unspecified atom stereocenters. The fourth-order valence-corrected chi connectivity index (χ4v) is 2.06. The second-order valence-corrected chi connectivity index (χ2v) is 4.45. The van der Waals surface area contributed by atoms with Crippen molar-refractivity contribution in [2.24, 2.45) is 5.92 Å². The molecule has 0 radical (unpaired) electrons. The van der Waals surface area contributed by atoms with Crippen molar-refractivity contribution in [1.29, 1.82) is 0 Å². The number of allylic oxidation sites excluding steroid dienone is 2. The lowest BCUT2D eigenvalue weighted by atomic mass is 9.94. The van der Waals surface area contributed by atoms with E-state index in [1.807, 2.05) is 0 Å². The van der Waals surface area contributed by atoms with Gasteiger partial charge >= 0.3 is 0 Å². The number of benzene rings is 1. The van der Waals surface area contributed by atoms with Crippen LogP contribution in [0, 0.1) is 21.8 Å². The van der Waals surface area contributed by atoms with Crippen molar-refractivity contribution in [3.8, 4) is 0 Å². The van der Waals surface area contributed by atoms with Crippen molar-refractivity contribution >= 4 is 11.4 Å². The van der Waals surface area contributed by atoms with Crippen LogP contribution in [-0.2, 0) is 0 Å². The maximum Gasteiger partial charge on any atom is 0.271 e. The van der Waals surface area contributed by atoms with Crippen LogP contribution in [0.4, 0.5) is 15.8 Å². The second kappa shape index (κ2) is 5.62. The maximum absolute atomic E-state index is 13.5. The van der Waals surface area contributed by atoms with Gasteiger partial charge in [-0.15, -0.1) is 0 Å². The van der Waals surface area contributed by atoms with Gasteiger partial charge in [-0.05, 0) is 31.2 Å². The number of anilines is 1. The molecule has 0 heterocycles. The smallest absolute Gasteiger partial charge is 0.271 e. The third-order valence-electron chi connectivity index (χ3n) is 3.12. The van der Waals surface area contributed by atoms with E-state index in [4.69, 9.17) is 0 Å². The first-order chi connectivity index (χ1) is 8.66. The summed E-state index contributed by atoms with van der Waals surface area (Å²) in [5.74, 6) is 0.0145. The molecule has 1 atom stereocenters. The summed E-state index contributed by atoms with van der Waals surface area (Å²) in [6, 6.07) is 3.54. The van der Waals surface area contributed by atoms with Gasteiger partial charge in [0.05, 0.1) is 10.6 Å². The van der Waals surface area contributed by atoms with Crippen LogP contribution in [0.5, 0.6) is 0 Å². The van der Waals surface area contributed by atoms with Crippen LogP contribution in [0.2, 0.25) is 0 Å². The summed E-state index contributed by atoms with van der Waals surface area (Å²) < 4.78 is 13.5. The average Bonchev–Trinajstić information content (AvgIpc) is 2.38. The number of nitro groups is 1. The molecule has 0 saturated heterocycles. The molecular weight excluding hydrogens is 235 g/mol. The highest BCUT2D eigenvalue weighted by Gasteiger charge is 2.13. The van der Waals surface area contributed by atoms with E-state index in [0.717, 1.165) is 25.3 Å². The largest absolute Gasteiger partial charge is 0.382 e. The van der Waals surface area contributed by atoms with Gasteiger partial charge in [0.25, 0.3) is 5.69 Å². The molecule has 0 bridgehead atoms. The van der Waals surface area contributed by atoms with Gasteiger partial charge in [0, 0.05) is 18.7 Å². The van der Waals surface area contributed by atoms with E-state index in [1.54, 1.807) is 0 Å². The van der Waals surface area contributed by atoms with E-state index < -0.39 is 10.7 Å². The topological polar surface area (TPSA) is 55.2 Å². The van der Waals surface area contributed by atoms with E-state index in [1.165, 1.54) is 12.1 Å². The van der Waals surface area contributed by atoms with Crippen LogP contribution >= 0.6 is 0 Å². The molecule has 4 nitrogen and oxygen atoms in total. The Bertz CT molecular complexity index is 474. The zero-order valence-corrected chi connectivity index (χ0v) is 9.93. The summed E-state index contributed by atoms with van der Waals surface area (Å²) in [7, 11) is 0. The summed E-state index contributed by atoms with van der Waals surface area (Å²) in [5.41, 5.74) is 0.112. The van der Waals surface area contributed by atoms with E-state index in [0.29, 0.717) is 12.5 Å². The Morgan fingerprint density at radius 2 is 2.28 bits per heavy atom. The molecule has 0 aliphatic heterocycles. The number of non-ortho nitro benzene ring substituents is 1. The van der Waals surface area contributed by atoms with Crippen molar-refractivity contribution in [1.82, 2.24) is 0 Å². The summed E-state index contributed by atoms with van der Waals surface area (Å²) in [5, 5.41) is 13.6. The number of nitro benzene ring substituents is 1. The Kier molecular flexibility index (Phi) is 3.92. The molecule has 5 heteroatoms. The zero-order chi connectivity index (χ0) is 13.0. The molecule has 0 amide bonds. The predicted octanol–water partition coefficient (Wildman–Crippen LogP) is 3.50. The van der Waals surface area contributed by atoms with E-state index >= 15 is 0 Å². The molecule has 0 spiro atoms. The van der Waals surface area contributed by atoms with E-state index in [-0.39, 0.29) is 11.4 Å². The average molecular weight is 250 g/mol. The highest BCUT2D eigenvalue weighted by atomic mass is 19.1. The molecule has 1 N–H and O–H groups in total. The van der Waals surface area contributed by atoms with Crippen molar-refractivity contribution in [2.75, 3.05) is 11.9 Å². The number of nitrogens with one attached hydrogen (secondary N) is 1. The number of halogens is 1. The van der Waals surface area contributed by atoms with Crippen LogP contribution in [0.15, 0.2) is 30.4 Å². The van der Waals surface area contributed by atoms with Gasteiger partial charge in [0.15, 0.2) is 0 Å². The van der Waals surface area contributed by atoms with Crippen molar-refractivity contribution < 1.29 is 9.31 Å². The molecule has 0 fully saturated rings. The van der Waals surface area contributed by atoms with Gasteiger partial charge in [-0.2, -0.15) is 0 Å². The third kappa shape index (κ3) is 3.06. The van der Waals surface area contributed by atoms with Crippen LogP contribution in [0.3, 0.4) is 0 Å². The van der Waals surface area contributed by atoms with Gasteiger partial charge in [-0.3, -0.25) is 10.1 Å². The van der Waals surface area contributed by atoms with Crippen molar-refractivity contribution in [3.05, 3.63) is 46.3 Å². The van der Waals surface area contributed by atoms with Crippen molar-refractivity contribution in [2.45, 2.75) is 19.3 Å². The Labute approximate surface area is 105 Å². The molecular formula is C13H15FN2O2. The van der Waals surface area contributed by atoms with Gasteiger partial charge in [-0.25, -0.2) is 4.39 Å². The molecule has 2 rings (SSSR count). The quantitative estimate of drug-likeness (QED) is 0.505. The van der Waals surface area contributed by atoms with Gasteiger partial charge in [0.2, 0.25) is 0 Å². The summed E-state index contributed by atoms with van der Waals surface area (Å²) >= 11 is 0. The van der Waals surface area contributed by atoms with Crippen LogP contribution < -0.4 is 5.32 Å². The van der Waals surface area contributed by atoms with Gasteiger partial charge < -0.3 is 5.32 Å². The Balaban J connectivity index is 2.01.